The lowest BCUT2D eigenvalue weighted by Crippen LogP contribution is -2.28. The second kappa shape index (κ2) is 7.89. The average Bonchev–Trinajstić information content (AvgIpc) is 3.37. The Hall–Kier alpha value is -2.72. The number of nitrogens with zero attached hydrogens (tertiary/aromatic N) is 3. The summed E-state index contributed by atoms with van der Waals surface area (Å²) < 4.78 is 30.1. The number of carbonyl (C=O) groups excluding carboxylic acids is 1. The highest BCUT2D eigenvalue weighted by molar-refractivity contribution is 7.92. The lowest BCUT2D eigenvalue weighted by atomic mass is 10.2. The third kappa shape index (κ3) is 4.34. The van der Waals surface area contributed by atoms with Gasteiger partial charge in [-0.2, -0.15) is 4.98 Å². The first-order chi connectivity index (χ1) is 12.9. The molecule has 1 aromatic carbocycles. The fourth-order valence-electron chi connectivity index (χ4n) is 2.27. The number of rotatable bonds is 7. The highest BCUT2D eigenvalue weighted by atomic mass is 32.2. The Morgan fingerprint density at radius 1 is 1.26 bits per heavy atom. The molecule has 2 aromatic heterocycles. The van der Waals surface area contributed by atoms with Gasteiger partial charge in [0, 0.05) is 12.6 Å². The molecule has 0 atom stereocenters. The number of amides is 1. The van der Waals surface area contributed by atoms with Crippen molar-refractivity contribution in [3.8, 4) is 10.7 Å². The van der Waals surface area contributed by atoms with E-state index in [4.69, 9.17) is 4.52 Å². The Bertz CT molecular complexity index is 1010. The number of nitrogens with one attached hydrogen (secondary N) is 1. The minimum atomic E-state index is -3.34. The summed E-state index contributed by atoms with van der Waals surface area (Å²) in [6.07, 6.45) is 0. The van der Waals surface area contributed by atoms with Crippen molar-refractivity contribution in [2.45, 2.75) is 13.5 Å². The molecule has 27 heavy (non-hydrogen) atoms. The first-order valence-corrected chi connectivity index (χ1v) is 10.6. The van der Waals surface area contributed by atoms with E-state index >= 15 is 0 Å². The zero-order valence-electron chi connectivity index (χ0n) is 14.7. The quantitative estimate of drug-likeness (QED) is 0.646. The molecule has 0 bridgehead atoms. The summed E-state index contributed by atoms with van der Waals surface area (Å²) in [5.41, 5.74) is 0.893. The van der Waals surface area contributed by atoms with Crippen LogP contribution in [0.15, 0.2) is 46.3 Å². The van der Waals surface area contributed by atoms with Gasteiger partial charge in [-0.25, -0.2) is 8.42 Å². The first kappa shape index (κ1) is 19.1. The maximum absolute atomic E-state index is 12.3. The van der Waals surface area contributed by atoms with Crippen LogP contribution in [-0.4, -0.2) is 37.3 Å². The van der Waals surface area contributed by atoms with Crippen molar-refractivity contribution >= 4 is 33.0 Å². The van der Waals surface area contributed by atoms with Gasteiger partial charge in [-0.05, 0) is 42.6 Å². The summed E-state index contributed by atoms with van der Waals surface area (Å²) >= 11 is 1.50. The largest absolute Gasteiger partial charge is 0.343 e. The molecule has 0 aliphatic carbocycles. The molecule has 0 radical (unpaired) electrons. The zero-order valence-corrected chi connectivity index (χ0v) is 16.4. The van der Waals surface area contributed by atoms with E-state index in [1.165, 1.54) is 22.7 Å². The molecule has 0 fully saturated rings. The van der Waals surface area contributed by atoms with Crippen LogP contribution in [0.25, 0.3) is 10.7 Å². The molecule has 142 valence electrons. The van der Waals surface area contributed by atoms with Gasteiger partial charge in [0.05, 0.1) is 22.9 Å². The average molecular weight is 406 g/mol. The zero-order chi connectivity index (χ0) is 19.4. The second-order valence-corrected chi connectivity index (χ2v) is 8.82. The van der Waals surface area contributed by atoms with Crippen molar-refractivity contribution in [1.29, 1.82) is 0 Å². The summed E-state index contributed by atoms with van der Waals surface area (Å²) in [4.78, 5) is 17.4. The Balaban J connectivity index is 1.62. The van der Waals surface area contributed by atoms with Gasteiger partial charge >= 0.3 is 0 Å². The van der Waals surface area contributed by atoms with Gasteiger partial charge < -0.3 is 9.84 Å². The topological polar surface area (TPSA) is 105 Å². The monoisotopic (exact) mass is 406 g/mol. The van der Waals surface area contributed by atoms with E-state index in [1.807, 2.05) is 17.5 Å². The van der Waals surface area contributed by atoms with Crippen molar-refractivity contribution in [2.75, 3.05) is 17.1 Å². The lowest BCUT2D eigenvalue weighted by molar-refractivity contribution is 0.0946. The van der Waals surface area contributed by atoms with Crippen LogP contribution in [0.3, 0.4) is 0 Å². The fraction of sp³-hybridized carbons (Fsp3) is 0.235. The third-order valence-corrected chi connectivity index (χ3v) is 6.53. The summed E-state index contributed by atoms with van der Waals surface area (Å²) in [6, 6.07) is 10.1. The van der Waals surface area contributed by atoms with Gasteiger partial charge in [0.15, 0.2) is 0 Å². The van der Waals surface area contributed by atoms with Crippen molar-refractivity contribution < 1.29 is 17.7 Å². The SMILES string of the molecule is CCS(=O)(=O)N(C)c1ccc(C(=O)NCc2nc(-c3cccs3)no2)cc1. The van der Waals surface area contributed by atoms with E-state index < -0.39 is 10.0 Å². The molecule has 0 unspecified atom stereocenters. The predicted octanol–water partition coefficient (Wildman–Crippen LogP) is 2.51. The van der Waals surface area contributed by atoms with Crippen LogP contribution in [0.2, 0.25) is 0 Å². The number of sulfonamides is 1. The normalized spacial score (nSPS) is 11.3. The summed E-state index contributed by atoms with van der Waals surface area (Å²) in [6.45, 7) is 1.68. The number of aromatic nitrogens is 2. The van der Waals surface area contributed by atoms with Gasteiger partial charge in [-0.3, -0.25) is 9.10 Å². The van der Waals surface area contributed by atoms with E-state index in [1.54, 1.807) is 31.2 Å². The predicted molar refractivity (Wildman–Crippen MR) is 103 cm³/mol. The standard InChI is InChI=1S/C17H18N4O4S2/c1-3-27(23,24)21(2)13-8-6-12(7-9-13)17(22)18-11-15-19-16(20-25-15)14-5-4-10-26-14/h4-10H,3,11H2,1-2H3,(H,18,22). The van der Waals surface area contributed by atoms with Crippen LogP contribution in [0.4, 0.5) is 5.69 Å². The lowest BCUT2D eigenvalue weighted by Gasteiger charge is -2.18. The minimum absolute atomic E-state index is 0.00335. The van der Waals surface area contributed by atoms with Gasteiger partial charge in [0.2, 0.25) is 21.7 Å². The van der Waals surface area contributed by atoms with Crippen LogP contribution in [0.5, 0.6) is 0 Å². The van der Waals surface area contributed by atoms with E-state index in [0.717, 1.165) is 4.88 Å². The summed E-state index contributed by atoms with van der Waals surface area (Å²) in [5, 5.41) is 8.50. The Morgan fingerprint density at radius 2 is 2.00 bits per heavy atom. The Labute approximate surface area is 160 Å². The van der Waals surface area contributed by atoms with Gasteiger partial charge in [0.25, 0.3) is 5.91 Å². The van der Waals surface area contributed by atoms with Gasteiger partial charge in [0.1, 0.15) is 0 Å². The molecule has 0 saturated carbocycles. The number of thiophene rings is 1. The molecule has 0 spiro atoms. The third-order valence-electron chi connectivity index (χ3n) is 3.88. The van der Waals surface area contributed by atoms with Crippen LogP contribution >= 0.6 is 11.3 Å². The number of benzene rings is 1. The highest BCUT2D eigenvalue weighted by Gasteiger charge is 2.16. The molecular formula is C17H18N4O4S2. The molecule has 1 N–H and O–H groups in total. The van der Waals surface area contributed by atoms with Crippen LogP contribution in [0, 0.1) is 0 Å². The fourth-order valence-corrected chi connectivity index (χ4v) is 3.75. The molecular weight excluding hydrogens is 388 g/mol. The minimum Gasteiger partial charge on any atom is -0.343 e. The number of hydrogen-bond donors (Lipinski definition) is 1. The number of anilines is 1. The second-order valence-electron chi connectivity index (χ2n) is 5.59. The van der Waals surface area contributed by atoms with E-state index in [0.29, 0.717) is 23.0 Å². The maximum Gasteiger partial charge on any atom is 0.251 e. The van der Waals surface area contributed by atoms with Crippen LogP contribution in [0.1, 0.15) is 23.2 Å². The van der Waals surface area contributed by atoms with E-state index in [-0.39, 0.29) is 18.2 Å². The van der Waals surface area contributed by atoms with Crippen LogP contribution < -0.4 is 9.62 Å². The van der Waals surface area contributed by atoms with Gasteiger partial charge in [-0.15, -0.1) is 11.3 Å². The Morgan fingerprint density at radius 3 is 2.63 bits per heavy atom. The van der Waals surface area contributed by atoms with E-state index in [2.05, 4.69) is 15.5 Å². The molecule has 3 rings (SSSR count). The molecule has 0 saturated heterocycles. The smallest absolute Gasteiger partial charge is 0.251 e. The summed E-state index contributed by atoms with van der Waals surface area (Å²) in [7, 11) is -1.86. The Kier molecular flexibility index (Phi) is 5.57. The molecule has 0 aliphatic rings. The molecule has 0 aliphatic heterocycles. The van der Waals surface area contributed by atoms with Crippen LogP contribution in [-0.2, 0) is 16.6 Å². The van der Waals surface area contributed by atoms with Gasteiger partial charge in [-0.1, -0.05) is 11.2 Å². The van der Waals surface area contributed by atoms with Crippen molar-refractivity contribution in [1.82, 2.24) is 15.5 Å². The highest BCUT2D eigenvalue weighted by Crippen LogP contribution is 2.21. The van der Waals surface area contributed by atoms with Crippen molar-refractivity contribution in [3.05, 3.63) is 53.2 Å². The van der Waals surface area contributed by atoms with E-state index in [9.17, 15) is 13.2 Å². The summed E-state index contributed by atoms with van der Waals surface area (Å²) in [5.74, 6) is 0.470. The molecule has 8 nitrogen and oxygen atoms in total. The number of carbonyl (C=O) groups is 1. The molecule has 2 heterocycles. The first-order valence-electron chi connectivity index (χ1n) is 8.12. The molecule has 10 heteroatoms. The molecule has 3 aromatic rings. The maximum atomic E-state index is 12.3. The van der Waals surface area contributed by atoms with Crippen molar-refractivity contribution in [3.63, 3.8) is 0 Å². The number of hydrogen-bond acceptors (Lipinski definition) is 7. The molecule has 1 amide bonds. The van der Waals surface area contributed by atoms with Crippen molar-refractivity contribution in [2.24, 2.45) is 0 Å².